The highest BCUT2D eigenvalue weighted by atomic mass is 16.5. The smallest absolute Gasteiger partial charge is 0.167 e. The third kappa shape index (κ3) is 1.67. The van der Waals surface area contributed by atoms with Crippen molar-refractivity contribution in [2.75, 3.05) is 5.73 Å². The molecule has 3 atom stereocenters. The first-order chi connectivity index (χ1) is 9.24. The highest BCUT2D eigenvalue weighted by Crippen LogP contribution is 2.33. The predicted molar refractivity (Wildman–Crippen MR) is 64.3 cm³/mol. The Morgan fingerprint density at radius 2 is 2.21 bits per heavy atom. The number of imidazole rings is 1. The van der Waals surface area contributed by atoms with Gasteiger partial charge in [0.15, 0.2) is 17.7 Å². The average Bonchev–Trinajstić information content (AvgIpc) is 3.04. The number of rotatable bonds is 2. The second kappa shape index (κ2) is 3.84. The van der Waals surface area contributed by atoms with Gasteiger partial charge < -0.3 is 15.6 Å². The number of nitrogens with one attached hydrogen (secondary N) is 2. The minimum absolute atomic E-state index is 0.0726. The molecular formula is C10H13N7O2. The van der Waals surface area contributed by atoms with Crippen LogP contribution >= 0.6 is 0 Å². The summed E-state index contributed by atoms with van der Waals surface area (Å²) in [5.74, 6) is 0.318. The Balaban J connectivity index is 1.72. The number of anilines is 1. The molecule has 4 heterocycles. The predicted octanol–water partition coefficient (Wildman–Crippen LogP) is -1.51. The van der Waals surface area contributed by atoms with E-state index in [1.165, 1.54) is 6.33 Å². The maximum atomic E-state index is 10.1. The van der Waals surface area contributed by atoms with Crippen LogP contribution in [0.3, 0.4) is 0 Å². The number of aromatic nitrogens is 4. The molecule has 100 valence electrons. The fourth-order valence-corrected chi connectivity index (χ4v) is 2.44. The molecule has 0 bridgehead atoms. The van der Waals surface area contributed by atoms with Crippen LogP contribution in [0.1, 0.15) is 12.6 Å². The summed E-state index contributed by atoms with van der Waals surface area (Å²) in [4.78, 5) is 12.2. The Morgan fingerprint density at radius 3 is 3.00 bits per heavy atom. The average molecular weight is 263 g/mol. The van der Waals surface area contributed by atoms with Gasteiger partial charge in [-0.05, 0) is 0 Å². The number of aliphatic hydroxyl groups excluding tert-OH is 1. The summed E-state index contributed by atoms with van der Waals surface area (Å²) in [6.45, 7) is 0. The quantitative estimate of drug-likeness (QED) is 0.479. The van der Waals surface area contributed by atoms with Gasteiger partial charge in [0.05, 0.1) is 12.4 Å². The SMILES string of the molecule is Nc1ncnc2c1ncn2C1OC(C2NN2)CC1O. The van der Waals surface area contributed by atoms with Gasteiger partial charge >= 0.3 is 0 Å². The van der Waals surface area contributed by atoms with Gasteiger partial charge in [0.25, 0.3) is 0 Å². The van der Waals surface area contributed by atoms with E-state index >= 15 is 0 Å². The first-order valence-electron chi connectivity index (χ1n) is 6.01. The van der Waals surface area contributed by atoms with Gasteiger partial charge in [-0.25, -0.2) is 25.8 Å². The number of fused-ring (bicyclic) bond motifs is 1. The molecule has 2 aliphatic heterocycles. The summed E-state index contributed by atoms with van der Waals surface area (Å²) in [5.41, 5.74) is 12.7. The van der Waals surface area contributed by atoms with Crippen LogP contribution in [-0.4, -0.2) is 43.0 Å². The zero-order valence-corrected chi connectivity index (χ0v) is 9.89. The monoisotopic (exact) mass is 263 g/mol. The Bertz CT molecular complexity index is 625. The Morgan fingerprint density at radius 1 is 1.37 bits per heavy atom. The fraction of sp³-hybridized carbons (Fsp3) is 0.500. The lowest BCUT2D eigenvalue weighted by Gasteiger charge is -2.16. The van der Waals surface area contributed by atoms with E-state index in [1.54, 1.807) is 10.9 Å². The normalized spacial score (nSPS) is 31.1. The molecule has 0 spiro atoms. The summed E-state index contributed by atoms with van der Waals surface area (Å²) in [6, 6.07) is 0. The molecular weight excluding hydrogens is 250 g/mol. The molecule has 2 saturated heterocycles. The maximum Gasteiger partial charge on any atom is 0.167 e. The zero-order chi connectivity index (χ0) is 13.0. The topological polar surface area (TPSA) is 143 Å². The first-order valence-corrected chi connectivity index (χ1v) is 6.01. The zero-order valence-electron chi connectivity index (χ0n) is 9.89. The van der Waals surface area contributed by atoms with E-state index in [0.717, 1.165) is 0 Å². The van der Waals surface area contributed by atoms with Gasteiger partial charge in [-0.1, -0.05) is 0 Å². The summed E-state index contributed by atoms with van der Waals surface area (Å²) in [6.07, 6.45) is 2.41. The van der Waals surface area contributed by atoms with Gasteiger partial charge in [-0.3, -0.25) is 4.57 Å². The molecule has 5 N–H and O–H groups in total. The van der Waals surface area contributed by atoms with Crippen LogP contribution < -0.4 is 16.6 Å². The number of hydrogen-bond donors (Lipinski definition) is 4. The second-order valence-corrected chi connectivity index (χ2v) is 4.72. The van der Waals surface area contributed by atoms with E-state index in [4.69, 9.17) is 10.5 Å². The van der Waals surface area contributed by atoms with E-state index in [9.17, 15) is 5.11 Å². The fourth-order valence-electron chi connectivity index (χ4n) is 2.44. The van der Waals surface area contributed by atoms with Gasteiger partial charge in [-0.2, -0.15) is 0 Å². The van der Waals surface area contributed by atoms with Crippen molar-refractivity contribution in [1.82, 2.24) is 30.4 Å². The van der Waals surface area contributed by atoms with Crippen LogP contribution in [0.25, 0.3) is 11.2 Å². The third-order valence-electron chi connectivity index (χ3n) is 3.46. The van der Waals surface area contributed by atoms with Crippen molar-refractivity contribution < 1.29 is 9.84 Å². The van der Waals surface area contributed by atoms with E-state index < -0.39 is 12.3 Å². The number of nitrogen functional groups attached to an aromatic ring is 1. The van der Waals surface area contributed by atoms with Crippen LogP contribution in [-0.2, 0) is 4.74 Å². The Kier molecular flexibility index (Phi) is 2.23. The second-order valence-electron chi connectivity index (χ2n) is 4.72. The molecule has 2 aromatic rings. The number of aliphatic hydroxyl groups is 1. The number of hydrogen-bond acceptors (Lipinski definition) is 8. The molecule has 4 rings (SSSR count). The largest absolute Gasteiger partial charge is 0.388 e. The minimum atomic E-state index is -0.609. The molecule has 9 heteroatoms. The van der Waals surface area contributed by atoms with E-state index in [1.807, 2.05) is 0 Å². The van der Waals surface area contributed by atoms with E-state index in [2.05, 4.69) is 25.8 Å². The van der Waals surface area contributed by atoms with Crippen LogP contribution in [0.5, 0.6) is 0 Å². The van der Waals surface area contributed by atoms with Crippen LogP contribution in [0.4, 0.5) is 5.82 Å². The van der Waals surface area contributed by atoms with Crippen molar-refractivity contribution in [2.45, 2.75) is 31.0 Å². The van der Waals surface area contributed by atoms with E-state index in [0.29, 0.717) is 23.4 Å². The summed E-state index contributed by atoms with van der Waals surface area (Å²) < 4.78 is 7.53. The van der Waals surface area contributed by atoms with Crippen molar-refractivity contribution in [3.05, 3.63) is 12.7 Å². The summed E-state index contributed by atoms with van der Waals surface area (Å²) in [7, 11) is 0. The Hall–Kier alpha value is -1.81. The molecule has 2 aliphatic rings. The molecule has 0 saturated carbocycles. The lowest BCUT2D eigenvalue weighted by molar-refractivity contribution is -0.0355. The summed E-state index contributed by atoms with van der Waals surface area (Å²) in [5, 5.41) is 10.1. The molecule has 3 unspecified atom stereocenters. The van der Waals surface area contributed by atoms with Gasteiger partial charge in [-0.15, -0.1) is 0 Å². The number of hydrazine groups is 1. The standard InChI is InChI=1S/C10H13N7O2/c11-7-6-9(13-2-12-7)17(3-14-6)10-4(18)1-5(19-10)8-15-16-8/h2-5,8,10,15-16,18H,1H2,(H2,11,12,13). The lowest BCUT2D eigenvalue weighted by Crippen LogP contribution is -2.20. The highest BCUT2D eigenvalue weighted by Gasteiger charge is 2.43. The minimum Gasteiger partial charge on any atom is -0.388 e. The molecule has 19 heavy (non-hydrogen) atoms. The summed E-state index contributed by atoms with van der Waals surface area (Å²) >= 11 is 0. The Labute approximate surface area is 107 Å². The molecule has 0 aromatic carbocycles. The van der Waals surface area contributed by atoms with Crippen molar-refractivity contribution in [3.8, 4) is 0 Å². The first kappa shape index (κ1) is 11.1. The lowest BCUT2D eigenvalue weighted by atomic mass is 10.2. The van der Waals surface area contributed by atoms with Crippen LogP contribution in [0.15, 0.2) is 12.7 Å². The van der Waals surface area contributed by atoms with Crippen molar-refractivity contribution >= 4 is 17.0 Å². The van der Waals surface area contributed by atoms with Gasteiger partial charge in [0.2, 0.25) is 0 Å². The molecule has 2 aromatic heterocycles. The molecule has 0 radical (unpaired) electrons. The van der Waals surface area contributed by atoms with Crippen molar-refractivity contribution in [2.24, 2.45) is 0 Å². The number of nitrogens with two attached hydrogens (primary N) is 1. The maximum absolute atomic E-state index is 10.1. The van der Waals surface area contributed by atoms with Crippen LogP contribution in [0.2, 0.25) is 0 Å². The molecule has 0 aliphatic carbocycles. The number of nitrogens with zero attached hydrogens (tertiary/aromatic N) is 4. The van der Waals surface area contributed by atoms with Gasteiger partial charge in [0, 0.05) is 6.42 Å². The number of ether oxygens (including phenoxy) is 1. The van der Waals surface area contributed by atoms with Crippen molar-refractivity contribution in [3.63, 3.8) is 0 Å². The molecule has 2 fully saturated rings. The van der Waals surface area contributed by atoms with Crippen molar-refractivity contribution in [1.29, 1.82) is 0 Å². The van der Waals surface area contributed by atoms with E-state index in [-0.39, 0.29) is 12.3 Å². The highest BCUT2D eigenvalue weighted by molar-refractivity contribution is 5.81. The molecule has 0 amide bonds. The molecule has 9 nitrogen and oxygen atoms in total. The van der Waals surface area contributed by atoms with Crippen LogP contribution in [0, 0.1) is 0 Å². The third-order valence-corrected chi connectivity index (χ3v) is 3.46. The van der Waals surface area contributed by atoms with Gasteiger partial charge in [0.1, 0.15) is 24.1 Å².